The number of nitrogens with one attached hydrogen (secondary N) is 1. The van der Waals surface area contributed by atoms with Crippen molar-refractivity contribution >= 4 is 11.3 Å². The van der Waals surface area contributed by atoms with Crippen molar-refractivity contribution in [2.24, 2.45) is 17.3 Å². The quantitative estimate of drug-likeness (QED) is 0.757. The van der Waals surface area contributed by atoms with Crippen LogP contribution in [0.5, 0.6) is 0 Å². The van der Waals surface area contributed by atoms with Crippen molar-refractivity contribution in [3.8, 4) is 0 Å². The Morgan fingerprint density at radius 2 is 1.80 bits per heavy atom. The molecule has 1 saturated carbocycles. The van der Waals surface area contributed by atoms with E-state index in [0.717, 1.165) is 5.92 Å². The Hall–Kier alpha value is -0.340. The fourth-order valence-corrected chi connectivity index (χ4v) is 4.41. The average molecular weight is 294 g/mol. The molecule has 0 aromatic carbocycles. The summed E-state index contributed by atoms with van der Waals surface area (Å²) in [5.41, 5.74) is 0.482. The third-order valence-electron chi connectivity index (χ3n) is 4.88. The van der Waals surface area contributed by atoms with Crippen molar-refractivity contribution in [1.29, 1.82) is 0 Å². The highest BCUT2D eigenvalue weighted by Gasteiger charge is 2.31. The van der Waals surface area contributed by atoms with Crippen molar-refractivity contribution in [1.82, 2.24) is 5.32 Å². The first-order chi connectivity index (χ1) is 9.38. The first kappa shape index (κ1) is 16.0. The summed E-state index contributed by atoms with van der Waals surface area (Å²) in [7, 11) is 0. The Kier molecular flexibility index (Phi) is 5.30. The molecule has 2 rings (SSSR count). The molecule has 0 spiro atoms. The van der Waals surface area contributed by atoms with Gasteiger partial charge in [0.15, 0.2) is 0 Å². The van der Waals surface area contributed by atoms with Gasteiger partial charge in [-0.2, -0.15) is 0 Å². The maximum absolute atomic E-state index is 3.94. The van der Waals surface area contributed by atoms with Gasteiger partial charge in [-0.05, 0) is 54.4 Å². The van der Waals surface area contributed by atoms with Crippen molar-refractivity contribution in [3.63, 3.8) is 0 Å². The van der Waals surface area contributed by atoms with Gasteiger partial charge in [0.05, 0.1) is 0 Å². The van der Waals surface area contributed by atoms with Gasteiger partial charge in [0, 0.05) is 17.0 Å². The molecule has 114 valence electrons. The predicted molar refractivity (Wildman–Crippen MR) is 90.2 cm³/mol. The van der Waals surface area contributed by atoms with Gasteiger partial charge in [0.25, 0.3) is 0 Å². The summed E-state index contributed by atoms with van der Waals surface area (Å²) in [5, 5.41) is 6.14. The van der Waals surface area contributed by atoms with Crippen LogP contribution < -0.4 is 5.32 Å². The molecule has 1 N–H and O–H groups in total. The molecule has 1 atom stereocenters. The zero-order valence-electron chi connectivity index (χ0n) is 13.8. The van der Waals surface area contributed by atoms with Gasteiger partial charge >= 0.3 is 0 Å². The van der Waals surface area contributed by atoms with E-state index in [9.17, 15) is 0 Å². The van der Waals surface area contributed by atoms with Crippen LogP contribution >= 0.6 is 11.3 Å². The lowest BCUT2D eigenvalue weighted by Crippen LogP contribution is -2.39. The van der Waals surface area contributed by atoms with Gasteiger partial charge in [0.1, 0.15) is 0 Å². The normalized spacial score (nSPS) is 25.9. The van der Waals surface area contributed by atoms with Gasteiger partial charge in [-0.25, -0.2) is 0 Å². The highest BCUT2D eigenvalue weighted by atomic mass is 32.1. The summed E-state index contributed by atoms with van der Waals surface area (Å²) in [4.78, 5) is 1.50. The van der Waals surface area contributed by atoms with E-state index in [1.807, 2.05) is 11.3 Å². The molecule has 1 nitrogen and oxygen atoms in total. The smallest absolute Gasteiger partial charge is 0.0440 e. The Balaban J connectivity index is 1.91. The van der Waals surface area contributed by atoms with E-state index < -0.39 is 0 Å². The van der Waals surface area contributed by atoms with Gasteiger partial charge in [-0.1, -0.05) is 40.7 Å². The molecule has 0 amide bonds. The van der Waals surface area contributed by atoms with E-state index in [1.165, 1.54) is 30.6 Å². The van der Waals surface area contributed by atoms with Crippen LogP contribution in [0.15, 0.2) is 17.5 Å². The van der Waals surface area contributed by atoms with Gasteiger partial charge in [0.2, 0.25) is 0 Å². The monoisotopic (exact) mass is 293 g/mol. The molecule has 1 aliphatic rings. The third-order valence-corrected chi connectivity index (χ3v) is 5.84. The van der Waals surface area contributed by atoms with E-state index in [4.69, 9.17) is 0 Å². The summed E-state index contributed by atoms with van der Waals surface area (Å²) in [6.45, 7) is 11.9. The van der Waals surface area contributed by atoms with Gasteiger partial charge < -0.3 is 5.32 Å². The largest absolute Gasteiger partial charge is 0.306 e. The lowest BCUT2D eigenvalue weighted by atomic mass is 9.71. The van der Waals surface area contributed by atoms with Crippen LogP contribution in [0, 0.1) is 17.3 Å². The Morgan fingerprint density at radius 1 is 1.15 bits per heavy atom. The van der Waals surface area contributed by atoms with E-state index in [-0.39, 0.29) is 0 Å². The van der Waals surface area contributed by atoms with Gasteiger partial charge in [-0.15, -0.1) is 11.3 Å². The van der Waals surface area contributed by atoms with Crippen molar-refractivity contribution < 1.29 is 0 Å². The second-order valence-corrected chi connectivity index (χ2v) is 8.80. The molecular formula is C18H31NS. The lowest BCUT2D eigenvalue weighted by molar-refractivity contribution is 0.152. The molecule has 1 aromatic rings. The minimum absolute atomic E-state index is 0.482. The summed E-state index contributed by atoms with van der Waals surface area (Å²) >= 11 is 1.89. The van der Waals surface area contributed by atoms with Crippen molar-refractivity contribution in [3.05, 3.63) is 22.4 Å². The molecule has 2 heteroatoms. The topological polar surface area (TPSA) is 12.0 Å². The van der Waals surface area contributed by atoms with Crippen LogP contribution in [0.4, 0.5) is 0 Å². The van der Waals surface area contributed by atoms with E-state index in [0.29, 0.717) is 23.4 Å². The molecule has 1 unspecified atom stereocenters. The molecular weight excluding hydrogens is 262 g/mol. The molecule has 1 fully saturated rings. The van der Waals surface area contributed by atoms with E-state index in [2.05, 4.69) is 57.4 Å². The predicted octanol–water partition coefficient (Wildman–Crippen LogP) is 5.64. The molecule has 0 bridgehead atoms. The van der Waals surface area contributed by atoms with Crippen LogP contribution in [0.3, 0.4) is 0 Å². The standard InChI is InChI=1S/C18H31NS/c1-13(2)17(16-7-6-12-20-16)19-15-10-8-14(9-11-15)18(3,4)5/h6-7,12-15,17,19H,8-11H2,1-5H3. The average Bonchev–Trinajstić information content (AvgIpc) is 2.88. The van der Waals surface area contributed by atoms with Crippen LogP contribution in [-0.4, -0.2) is 6.04 Å². The highest BCUT2D eigenvalue weighted by molar-refractivity contribution is 7.10. The van der Waals surface area contributed by atoms with Crippen molar-refractivity contribution in [2.45, 2.75) is 72.4 Å². The SMILES string of the molecule is CC(C)C(NC1CCC(C(C)(C)C)CC1)c1cccs1. The number of rotatable bonds is 4. The fourth-order valence-electron chi connectivity index (χ4n) is 3.45. The molecule has 1 aliphatic carbocycles. The summed E-state index contributed by atoms with van der Waals surface area (Å²) in [6.07, 6.45) is 5.46. The third kappa shape index (κ3) is 4.08. The van der Waals surface area contributed by atoms with Crippen LogP contribution in [0.1, 0.15) is 71.2 Å². The molecule has 1 aromatic heterocycles. The maximum Gasteiger partial charge on any atom is 0.0440 e. The molecule has 0 saturated heterocycles. The Morgan fingerprint density at radius 3 is 2.25 bits per heavy atom. The molecule has 0 aliphatic heterocycles. The van der Waals surface area contributed by atoms with Crippen LogP contribution in [0.2, 0.25) is 0 Å². The summed E-state index contributed by atoms with van der Waals surface area (Å²) in [5.74, 6) is 1.56. The zero-order valence-corrected chi connectivity index (χ0v) is 14.6. The maximum atomic E-state index is 3.94. The zero-order chi connectivity index (χ0) is 14.8. The molecule has 1 heterocycles. The van der Waals surface area contributed by atoms with Crippen molar-refractivity contribution in [2.75, 3.05) is 0 Å². The molecule has 0 radical (unpaired) electrons. The van der Waals surface area contributed by atoms with E-state index in [1.54, 1.807) is 0 Å². The van der Waals surface area contributed by atoms with Crippen LogP contribution in [-0.2, 0) is 0 Å². The van der Waals surface area contributed by atoms with E-state index >= 15 is 0 Å². The highest BCUT2D eigenvalue weighted by Crippen LogP contribution is 2.38. The second kappa shape index (κ2) is 6.62. The minimum atomic E-state index is 0.482. The first-order valence-electron chi connectivity index (χ1n) is 8.17. The second-order valence-electron chi connectivity index (χ2n) is 7.82. The Bertz CT molecular complexity index is 380. The Labute approximate surface area is 129 Å². The first-order valence-corrected chi connectivity index (χ1v) is 9.05. The fraction of sp³-hybridized carbons (Fsp3) is 0.778. The van der Waals surface area contributed by atoms with Gasteiger partial charge in [-0.3, -0.25) is 0 Å². The molecule has 20 heavy (non-hydrogen) atoms. The van der Waals surface area contributed by atoms with Crippen LogP contribution in [0.25, 0.3) is 0 Å². The minimum Gasteiger partial charge on any atom is -0.306 e. The number of hydrogen-bond acceptors (Lipinski definition) is 2. The lowest BCUT2D eigenvalue weighted by Gasteiger charge is -2.38. The number of hydrogen-bond donors (Lipinski definition) is 1. The summed E-state index contributed by atoms with van der Waals surface area (Å²) in [6, 6.07) is 5.70. The number of thiophene rings is 1. The summed E-state index contributed by atoms with van der Waals surface area (Å²) < 4.78 is 0.